The number of aromatic hydroxyl groups is 1. The molecule has 0 saturated carbocycles. The molecule has 8 nitrogen and oxygen atoms in total. The van der Waals surface area contributed by atoms with Crippen LogP contribution < -0.4 is 10.6 Å². The first-order valence-corrected chi connectivity index (χ1v) is 11.5. The molecular formula is C28H24N4O4. The molecule has 0 spiro atoms. The van der Waals surface area contributed by atoms with Crippen molar-refractivity contribution in [2.45, 2.75) is 20.3 Å². The minimum absolute atomic E-state index is 0.0156. The molecule has 2 amide bonds. The molecule has 0 aliphatic carbocycles. The number of aromatic nitrogens is 2. The van der Waals surface area contributed by atoms with E-state index in [4.69, 9.17) is 4.42 Å². The Morgan fingerprint density at radius 1 is 0.972 bits per heavy atom. The van der Waals surface area contributed by atoms with Gasteiger partial charge in [0.05, 0.1) is 5.69 Å². The lowest BCUT2D eigenvalue weighted by molar-refractivity contribution is 0.0999. The number of amides is 2. The Labute approximate surface area is 207 Å². The summed E-state index contributed by atoms with van der Waals surface area (Å²) < 4.78 is 5.82. The SMILES string of the molecule is CCc1ccc(O)c(-c2cc(C(=O)Nc3c(C(=O)Nc4ccc(C)cc4)oc4ccccc34)[nH]n2)c1. The number of nitrogens with zero attached hydrogens (tertiary/aromatic N) is 1. The zero-order valence-electron chi connectivity index (χ0n) is 19.8. The summed E-state index contributed by atoms with van der Waals surface area (Å²) >= 11 is 0. The molecule has 4 N–H and O–H groups in total. The van der Waals surface area contributed by atoms with Crippen LogP contribution in [-0.4, -0.2) is 27.1 Å². The lowest BCUT2D eigenvalue weighted by Gasteiger charge is -2.07. The number of fused-ring (bicyclic) bond motifs is 1. The quantitative estimate of drug-likeness (QED) is 0.241. The molecule has 0 radical (unpaired) electrons. The van der Waals surface area contributed by atoms with Crippen LogP contribution in [-0.2, 0) is 6.42 Å². The van der Waals surface area contributed by atoms with E-state index in [0.29, 0.717) is 27.9 Å². The van der Waals surface area contributed by atoms with Crippen LogP contribution in [0.5, 0.6) is 5.75 Å². The number of carbonyl (C=O) groups is 2. The average Bonchev–Trinajstić information content (AvgIpc) is 3.52. The second-order valence-corrected chi connectivity index (χ2v) is 8.45. The number of hydrogen-bond donors (Lipinski definition) is 4. The van der Waals surface area contributed by atoms with Gasteiger partial charge in [-0.05, 0) is 61.4 Å². The molecule has 36 heavy (non-hydrogen) atoms. The second kappa shape index (κ2) is 9.42. The molecule has 2 heterocycles. The van der Waals surface area contributed by atoms with Crippen LogP contribution in [0, 0.1) is 6.92 Å². The standard InChI is InChI=1S/C28H24N4O4/c1-3-17-10-13-23(33)20(14-17)21-15-22(32-31-21)27(34)30-25-19-6-4-5-7-24(19)36-26(25)28(35)29-18-11-8-16(2)9-12-18/h4-15,33H,3H2,1-2H3,(H,29,35)(H,30,34)(H,31,32). The van der Waals surface area contributed by atoms with Crippen LogP contribution in [0.25, 0.3) is 22.2 Å². The molecule has 0 aliphatic rings. The molecule has 0 bridgehead atoms. The zero-order chi connectivity index (χ0) is 25.2. The van der Waals surface area contributed by atoms with E-state index in [0.717, 1.165) is 17.5 Å². The third kappa shape index (κ3) is 4.44. The Morgan fingerprint density at radius 3 is 2.53 bits per heavy atom. The highest BCUT2D eigenvalue weighted by atomic mass is 16.3. The van der Waals surface area contributed by atoms with Crippen molar-refractivity contribution in [3.63, 3.8) is 0 Å². The molecule has 8 heteroatoms. The van der Waals surface area contributed by atoms with Gasteiger partial charge in [-0.15, -0.1) is 0 Å². The van der Waals surface area contributed by atoms with Crippen LogP contribution in [0.2, 0.25) is 0 Å². The monoisotopic (exact) mass is 480 g/mol. The molecule has 2 aromatic heterocycles. The number of anilines is 2. The van der Waals surface area contributed by atoms with Crippen LogP contribution >= 0.6 is 0 Å². The van der Waals surface area contributed by atoms with Crippen LogP contribution in [0.4, 0.5) is 11.4 Å². The van der Waals surface area contributed by atoms with Gasteiger partial charge < -0.3 is 20.2 Å². The molecule has 0 atom stereocenters. The minimum atomic E-state index is -0.504. The van der Waals surface area contributed by atoms with Gasteiger partial charge in [-0.3, -0.25) is 14.7 Å². The molecule has 180 valence electrons. The Kier molecular flexibility index (Phi) is 6.00. The van der Waals surface area contributed by atoms with E-state index in [2.05, 4.69) is 20.8 Å². The Morgan fingerprint density at radius 2 is 1.75 bits per heavy atom. The average molecular weight is 481 g/mol. The van der Waals surface area contributed by atoms with E-state index < -0.39 is 11.8 Å². The summed E-state index contributed by atoms with van der Waals surface area (Å²) in [6.07, 6.45) is 0.798. The molecule has 0 aliphatic heterocycles. The van der Waals surface area contributed by atoms with Gasteiger partial charge in [-0.1, -0.05) is 42.8 Å². The summed E-state index contributed by atoms with van der Waals surface area (Å²) in [5.41, 5.74) is 4.56. The lowest BCUT2D eigenvalue weighted by Crippen LogP contribution is -2.17. The molecule has 5 rings (SSSR count). The van der Waals surface area contributed by atoms with Crippen molar-refractivity contribution in [2.24, 2.45) is 0 Å². The number of H-pyrrole nitrogens is 1. The van der Waals surface area contributed by atoms with E-state index >= 15 is 0 Å². The number of phenols is 1. The van der Waals surface area contributed by atoms with Gasteiger partial charge >= 0.3 is 0 Å². The summed E-state index contributed by atoms with van der Waals surface area (Å²) in [5, 5.41) is 23.4. The minimum Gasteiger partial charge on any atom is -0.507 e. The van der Waals surface area contributed by atoms with Crippen LogP contribution in [0.15, 0.2) is 77.2 Å². The fraction of sp³-hybridized carbons (Fsp3) is 0.107. The number of nitrogens with one attached hydrogen (secondary N) is 3. The predicted molar refractivity (Wildman–Crippen MR) is 138 cm³/mol. The van der Waals surface area contributed by atoms with Crippen molar-refractivity contribution in [1.82, 2.24) is 10.2 Å². The molecular weight excluding hydrogens is 456 g/mol. The number of carbonyl (C=O) groups excluding carboxylic acids is 2. The van der Waals surface area contributed by atoms with E-state index in [-0.39, 0.29) is 22.9 Å². The first-order valence-electron chi connectivity index (χ1n) is 11.5. The predicted octanol–water partition coefficient (Wildman–Crippen LogP) is 5.90. The fourth-order valence-corrected chi connectivity index (χ4v) is 3.92. The van der Waals surface area contributed by atoms with Crippen molar-refractivity contribution in [3.05, 3.63) is 95.4 Å². The number of benzene rings is 3. The molecule has 3 aromatic carbocycles. The van der Waals surface area contributed by atoms with Crippen LogP contribution in [0.1, 0.15) is 39.1 Å². The van der Waals surface area contributed by atoms with Gasteiger partial charge in [-0.2, -0.15) is 5.10 Å². The zero-order valence-corrected chi connectivity index (χ0v) is 19.8. The number of aromatic amines is 1. The molecule has 0 unspecified atom stereocenters. The first-order chi connectivity index (χ1) is 17.4. The van der Waals surface area contributed by atoms with Crippen molar-refractivity contribution in [2.75, 3.05) is 10.6 Å². The van der Waals surface area contributed by atoms with E-state index in [1.165, 1.54) is 0 Å². The molecule has 0 saturated heterocycles. The van der Waals surface area contributed by atoms with Gasteiger partial charge in [0.15, 0.2) is 0 Å². The Hall–Kier alpha value is -4.85. The Balaban J connectivity index is 1.45. The summed E-state index contributed by atoms with van der Waals surface area (Å²) in [6.45, 7) is 3.97. The highest BCUT2D eigenvalue weighted by Gasteiger charge is 2.24. The fourth-order valence-electron chi connectivity index (χ4n) is 3.92. The highest BCUT2D eigenvalue weighted by Crippen LogP contribution is 2.33. The number of rotatable bonds is 6. The third-order valence-corrected chi connectivity index (χ3v) is 5.92. The lowest BCUT2D eigenvalue weighted by atomic mass is 10.1. The largest absolute Gasteiger partial charge is 0.507 e. The maximum Gasteiger partial charge on any atom is 0.293 e. The number of para-hydroxylation sites is 1. The smallest absolute Gasteiger partial charge is 0.293 e. The van der Waals surface area contributed by atoms with Gasteiger partial charge in [0.25, 0.3) is 11.8 Å². The Bertz CT molecular complexity index is 1580. The molecule has 0 fully saturated rings. The van der Waals surface area contributed by atoms with Gasteiger partial charge in [0, 0.05) is 16.6 Å². The first kappa shape index (κ1) is 22.9. The van der Waals surface area contributed by atoms with E-state index in [9.17, 15) is 14.7 Å². The van der Waals surface area contributed by atoms with Crippen LogP contribution in [0.3, 0.4) is 0 Å². The van der Waals surface area contributed by atoms with Crippen molar-refractivity contribution in [3.8, 4) is 17.0 Å². The summed E-state index contributed by atoms with van der Waals surface area (Å²) in [4.78, 5) is 26.3. The van der Waals surface area contributed by atoms with E-state index in [1.807, 2.05) is 38.1 Å². The van der Waals surface area contributed by atoms with E-state index in [1.54, 1.807) is 48.5 Å². The summed E-state index contributed by atoms with van der Waals surface area (Å²) in [5.74, 6) is -0.938. The number of hydrogen-bond acceptors (Lipinski definition) is 5. The number of aryl methyl sites for hydroxylation is 2. The van der Waals surface area contributed by atoms with Gasteiger partial charge in [0.1, 0.15) is 22.7 Å². The molecule has 5 aromatic rings. The maximum atomic E-state index is 13.2. The topological polar surface area (TPSA) is 120 Å². The number of furan rings is 1. The van der Waals surface area contributed by atoms with Crippen molar-refractivity contribution < 1.29 is 19.1 Å². The third-order valence-electron chi connectivity index (χ3n) is 5.92. The van der Waals surface area contributed by atoms with Crippen molar-refractivity contribution in [1.29, 1.82) is 0 Å². The summed E-state index contributed by atoms with van der Waals surface area (Å²) in [7, 11) is 0. The normalized spacial score (nSPS) is 10.9. The second-order valence-electron chi connectivity index (χ2n) is 8.45. The van der Waals surface area contributed by atoms with Gasteiger partial charge in [0.2, 0.25) is 5.76 Å². The maximum absolute atomic E-state index is 13.2. The highest BCUT2D eigenvalue weighted by molar-refractivity contribution is 6.16. The van der Waals surface area contributed by atoms with Gasteiger partial charge in [-0.25, -0.2) is 0 Å². The number of phenolic OH excluding ortho intramolecular Hbond substituents is 1. The summed E-state index contributed by atoms with van der Waals surface area (Å²) in [6, 6.07) is 21.3. The van der Waals surface area contributed by atoms with Crippen molar-refractivity contribution >= 4 is 34.2 Å².